The zero-order valence-corrected chi connectivity index (χ0v) is 18.3. The number of likely N-dealkylation sites (tertiary alicyclic amines) is 1. The number of benzene rings is 1. The maximum atomic E-state index is 12.7. The molecule has 1 aromatic heterocycles. The van der Waals surface area contributed by atoms with Crippen LogP contribution in [0.15, 0.2) is 30.5 Å². The van der Waals surface area contributed by atoms with E-state index >= 15 is 0 Å². The zero-order chi connectivity index (χ0) is 21.4. The van der Waals surface area contributed by atoms with E-state index in [2.05, 4.69) is 6.07 Å². The van der Waals surface area contributed by atoms with Crippen LogP contribution in [0.4, 0.5) is 9.59 Å². The molecule has 2 heterocycles. The second kappa shape index (κ2) is 7.73. The fourth-order valence-electron chi connectivity index (χ4n) is 3.71. The Morgan fingerprint density at radius 3 is 2.07 bits per heavy atom. The van der Waals surface area contributed by atoms with Crippen molar-refractivity contribution in [3.05, 3.63) is 36.0 Å². The molecule has 6 nitrogen and oxygen atoms in total. The summed E-state index contributed by atoms with van der Waals surface area (Å²) in [6.07, 6.45) is 2.81. The zero-order valence-electron chi connectivity index (χ0n) is 18.3. The van der Waals surface area contributed by atoms with E-state index in [0.29, 0.717) is 13.1 Å². The van der Waals surface area contributed by atoms with Crippen LogP contribution in [-0.4, -0.2) is 45.9 Å². The summed E-state index contributed by atoms with van der Waals surface area (Å²) in [5, 5.41) is 1.02. The van der Waals surface area contributed by atoms with E-state index in [1.54, 1.807) is 15.7 Å². The summed E-state index contributed by atoms with van der Waals surface area (Å²) in [7, 11) is 0. The lowest BCUT2D eigenvalue weighted by Gasteiger charge is -2.34. The molecule has 0 aliphatic carbocycles. The number of carbonyl (C=O) groups is 2. The Kier molecular flexibility index (Phi) is 5.65. The molecule has 0 spiro atoms. The first-order valence-corrected chi connectivity index (χ1v) is 10.3. The highest BCUT2D eigenvalue weighted by Crippen LogP contribution is 2.34. The number of hydrogen-bond donors (Lipinski definition) is 0. The Balaban J connectivity index is 1.80. The first-order chi connectivity index (χ1) is 13.4. The van der Waals surface area contributed by atoms with Gasteiger partial charge in [-0.25, -0.2) is 9.59 Å². The predicted molar refractivity (Wildman–Crippen MR) is 113 cm³/mol. The van der Waals surface area contributed by atoms with Crippen LogP contribution in [0.3, 0.4) is 0 Å². The Morgan fingerprint density at radius 2 is 1.48 bits per heavy atom. The number of carbonyl (C=O) groups excluding carboxylic acids is 2. The minimum Gasteiger partial charge on any atom is -0.444 e. The van der Waals surface area contributed by atoms with Crippen molar-refractivity contribution < 1.29 is 19.1 Å². The van der Waals surface area contributed by atoms with Crippen molar-refractivity contribution in [2.75, 3.05) is 13.1 Å². The molecule has 1 aromatic carbocycles. The quantitative estimate of drug-likeness (QED) is 0.631. The van der Waals surface area contributed by atoms with Crippen LogP contribution in [0.2, 0.25) is 0 Å². The molecule has 0 unspecified atom stereocenters. The minimum atomic E-state index is -0.554. The summed E-state index contributed by atoms with van der Waals surface area (Å²) in [6, 6.07) is 8.06. The van der Waals surface area contributed by atoms with Gasteiger partial charge < -0.3 is 14.4 Å². The van der Waals surface area contributed by atoms with Gasteiger partial charge in [0.15, 0.2) is 0 Å². The second-order valence-corrected chi connectivity index (χ2v) is 9.69. The highest BCUT2D eigenvalue weighted by atomic mass is 16.6. The summed E-state index contributed by atoms with van der Waals surface area (Å²) in [4.78, 5) is 26.8. The normalized spacial score (nSPS) is 16.1. The number of hydrogen-bond acceptors (Lipinski definition) is 4. The summed E-state index contributed by atoms with van der Waals surface area (Å²) >= 11 is 0. The van der Waals surface area contributed by atoms with Crippen LogP contribution in [0.1, 0.15) is 65.9 Å². The molecule has 0 bridgehead atoms. The van der Waals surface area contributed by atoms with E-state index < -0.39 is 11.2 Å². The van der Waals surface area contributed by atoms with E-state index in [1.165, 1.54) is 0 Å². The number of piperidine rings is 1. The van der Waals surface area contributed by atoms with Gasteiger partial charge >= 0.3 is 12.2 Å². The smallest absolute Gasteiger partial charge is 0.419 e. The molecule has 1 aliphatic heterocycles. The van der Waals surface area contributed by atoms with Crippen molar-refractivity contribution in [1.82, 2.24) is 9.47 Å². The molecular weight excluding hydrogens is 368 g/mol. The molecule has 29 heavy (non-hydrogen) atoms. The van der Waals surface area contributed by atoms with Gasteiger partial charge in [0.25, 0.3) is 0 Å². The lowest BCUT2D eigenvalue weighted by Crippen LogP contribution is -2.41. The molecule has 2 aromatic rings. The van der Waals surface area contributed by atoms with Gasteiger partial charge in [-0.2, -0.15) is 0 Å². The van der Waals surface area contributed by atoms with Gasteiger partial charge in [0.05, 0.1) is 5.52 Å². The molecule has 3 rings (SSSR count). The first-order valence-electron chi connectivity index (χ1n) is 10.3. The number of ether oxygens (including phenoxy) is 2. The minimum absolute atomic E-state index is 0.258. The fourth-order valence-corrected chi connectivity index (χ4v) is 3.71. The Morgan fingerprint density at radius 1 is 0.897 bits per heavy atom. The lowest BCUT2D eigenvalue weighted by molar-refractivity contribution is 0.0205. The van der Waals surface area contributed by atoms with Crippen LogP contribution in [0.5, 0.6) is 0 Å². The van der Waals surface area contributed by atoms with Crippen LogP contribution < -0.4 is 0 Å². The molecule has 158 valence electrons. The van der Waals surface area contributed by atoms with E-state index in [0.717, 1.165) is 29.3 Å². The highest BCUT2D eigenvalue weighted by molar-refractivity contribution is 5.92. The van der Waals surface area contributed by atoms with Gasteiger partial charge in [-0.15, -0.1) is 0 Å². The Bertz CT molecular complexity index is 894. The van der Waals surface area contributed by atoms with Crippen LogP contribution in [0, 0.1) is 0 Å². The monoisotopic (exact) mass is 400 g/mol. The van der Waals surface area contributed by atoms with E-state index in [4.69, 9.17) is 9.47 Å². The van der Waals surface area contributed by atoms with E-state index in [9.17, 15) is 9.59 Å². The van der Waals surface area contributed by atoms with E-state index in [-0.39, 0.29) is 18.1 Å². The third-order valence-electron chi connectivity index (χ3n) is 4.92. The molecule has 1 amide bonds. The van der Waals surface area contributed by atoms with Crippen molar-refractivity contribution in [1.29, 1.82) is 0 Å². The maximum Gasteiger partial charge on any atom is 0.419 e. The number of fused-ring (bicyclic) bond motifs is 1. The van der Waals surface area contributed by atoms with Crippen molar-refractivity contribution >= 4 is 23.1 Å². The molecule has 0 radical (unpaired) electrons. The predicted octanol–water partition coefficient (Wildman–Crippen LogP) is 5.54. The molecule has 1 aliphatic rings. The van der Waals surface area contributed by atoms with E-state index in [1.807, 2.05) is 59.7 Å². The van der Waals surface area contributed by atoms with Crippen LogP contribution >= 0.6 is 0 Å². The van der Waals surface area contributed by atoms with Crippen molar-refractivity contribution in [2.24, 2.45) is 0 Å². The summed E-state index contributed by atoms with van der Waals surface area (Å²) in [5.41, 5.74) is 0.981. The average molecular weight is 401 g/mol. The molecule has 0 saturated carbocycles. The summed E-state index contributed by atoms with van der Waals surface area (Å²) < 4.78 is 12.7. The summed E-state index contributed by atoms with van der Waals surface area (Å²) in [6.45, 7) is 12.5. The highest BCUT2D eigenvalue weighted by Gasteiger charge is 2.29. The largest absolute Gasteiger partial charge is 0.444 e. The first kappa shape index (κ1) is 21.2. The SMILES string of the molecule is CC(C)(C)OC(=O)N1CCC(c2cccc3ccn(C(=O)OC(C)(C)C)c23)CC1. The molecule has 1 saturated heterocycles. The average Bonchev–Trinajstić information content (AvgIpc) is 3.03. The third kappa shape index (κ3) is 5.11. The number of amides is 1. The topological polar surface area (TPSA) is 60.8 Å². The second-order valence-electron chi connectivity index (χ2n) is 9.69. The van der Waals surface area contributed by atoms with Gasteiger partial charge in [0, 0.05) is 24.7 Å². The van der Waals surface area contributed by atoms with Gasteiger partial charge in [-0.3, -0.25) is 4.57 Å². The number of para-hydroxylation sites is 1. The fraction of sp³-hybridized carbons (Fsp3) is 0.565. The molecule has 1 fully saturated rings. The number of rotatable bonds is 1. The Hall–Kier alpha value is -2.50. The lowest BCUT2D eigenvalue weighted by atomic mass is 9.88. The van der Waals surface area contributed by atoms with Crippen molar-refractivity contribution in [3.63, 3.8) is 0 Å². The standard InChI is InChI=1S/C23H32N2O4/c1-22(2,3)28-20(26)24-13-10-16(11-14-24)18-9-7-8-17-12-15-25(19(17)18)21(27)29-23(4,5)6/h7-9,12,15-16H,10-11,13-14H2,1-6H3. The number of aromatic nitrogens is 1. The van der Waals surface area contributed by atoms with Crippen LogP contribution in [-0.2, 0) is 9.47 Å². The van der Waals surface area contributed by atoms with Gasteiger partial charge in [-0.05, 0) is 71.9 Å². The number of nitrogens with zero attached hydrogens (tertiary/aromatic N) is 2. The van der Waals surface area contributed by atoms with Crippen molar-refractivity contribution in [3.8, 4) is 0 Å². The van der Waals surface area contributed by atoms with Crippen LogP contribution in [0.25, 0.3) is 10.9 Å². The van der Waals surface area contributed by atoms with Crippen molar-refractivity contribution in [2.45, 2.75) is 71.5 Å². The van der Waals surface area contributed by atoms with Gasteiger partial charge in [0.2, 0.25) is 0 Å². The third-order valence-corrected chi connectivity index (χ3v) is 4.92. The maximum absolute atomic E-state index is 12.7. The summed E-state index contributed by atoms with van der Waals surface area (Å²) in [5.74, 6) is 0.272. The molecule has 6 heteroatoms. The Labute approximate surface area is 172 Å². The molecule has 0 N–H and O–H groups in total. The van der Waals surface area contributed by atoms with Gasteiger partial charge in [0.1, 0.15) is 11.2 Å². The molecular formula is C23H32N2O4. The molecule has 0 atom stereocenters. The van der Waals surface area contributed by atoms with Gasteiger partial charge in [-0.1, -0.05) is 18.2 Å².